The predicted octanol–water partition coefficient (Wildman–Crippen LogP) is 6.00. The highest BCUT2D eigenvalue weighted by Gasteiger charge is 1.92. The molecular weight excluding hydrogens is 300 g/mol. The van der Waals surface area contributed by atoms with Crippen molar-refractivity contribution < 1.29 is 5.11 Å². The third kappa shape index (κ3) is 18.2. The molecule has 0 atom stereocenters. The standard InChI is InChI=1S/C17H33BrO/c18-16-14-12-10-8-6-4-2-1-3-5-7-9-11-13-15-17-19/h11,13,19H,1-10,12,14-17H2/b13-11-. The van der Waals surface area contributed by atoms with Gasteiger partial charge in [0.05, 0.1) is 0 Å². The van der Waals surface area contributed by atoms with Gasteiger partial charge in [0, 0.05) is 11.9 Å². The van der Waals surface area contributed by atoms with E-state index in [2.05, 4.69) is 28.1 Å². The molecule has 0 saturated heterocycles. The molecule has 0 aliphatic rings. The van der Waals surface area contributed by atoms with E-state index in [0.29, 0.717) is 0 Å². The Bertz CT molecular complexity index is 180. The number of aliphatic hydroxyl groups is 1. The van der Waals surface area contributed by atoms with Gasteiger partial charge in [0.1, 0.15) is 0 Å². The highest BCUT2D eigenvalue weighted by atomic mass is 79.9. The molecule has 2 heteroatoms. The maximum Gasteiger partial charge on any atom is 0.0465 e. The zero-order chi connectivity index (χ0) is 14.0. The lowest BCUT2D eigenvalue weighted by atomic mass is 10.1. The average molecular weight is 333 g/mol. The van der Waals surface area contributed by atoms with Gasteiger partial charge in [-0.2, -0.15) is 0 Å². The van der Waals surface area contributed by atoms with Crippen molar-refractivity contribution in [2.45, 2.75) is 83.5 Å². The van der Waals surface area contributed by atoms with E-state index in [4.69, 9.17) is 5.11 Å². The van der Waals surface area contributed by atoms with Crippen molar-refractivity contribution in [3.63, 3.8) is 0 Å². The summed E-state index contributed by atoms with van der Waals surface area (Å²) in [6.07, 6.45) is 21.7. The molecule has 0 aromatic heterocycles. The molecule has 0 aliphatic carbocycles. The Morgan fingerprint density at radius 1 is 0.579 bits per heavy atom. The fraction of sp³-hybridized carbons (Fsp3) is 0.882. The minimum Gasteiger partial charge on any atom is -0.396 e. The first-order chi connectivity index (χ1) is 9.41. The Labute approximate surface area is 129 Å². The molecule has 0 rings (SSSR count). The molecule has 0 amide bonds. The Balaban J connectivity index is 2.95. The summed E-state index contributed by atoms with van der Waals surface area (Å²) in [5, 5.41) is 9.79. The van der Waals surface area contributed by atoms with Crippen molar-refractivity contribution in [3.8, 4) is 0 Å². The molecule has 0 heterocycles. The van der Waals surface area contributed by atoms with Gasteiger partial charge in [0.15, 0.2) is 0 Å². The van der Waals surface area contributed by atoms with Gasteiger partial charge in [-0.05, 0) is 25.7 Å². The van der Waals surface area contributed by atoms with Gasteiger partial charge >= 0.3 is 0 Å². The van der Waals surface area contributed by atoms with Crippen LogP contribution in [-0.4, -0.2) is 17.0 Å². The summed E-state index contributed by atoms with van der Waals surface area (Å²) < 4.78 is 0. The Kier molecular flexibility index (Phi) is 18.4. The van der Waals surface area contributed by atoms with Gasteiger partial charge in [-0.15, -0.1) is 0 Å². The summed E-state index contributed by atoms with van der Waals surface area (Å²) in [6.45, 7) is 0.284. The van der Waals surface area contributed by atoms with Crippen LogP contribution in [0.15, 0.2) is 12.2 Å². The summed E-state index contributed by atoms with van der Waals surface area (Å²) in [4.78, 5) is 0. The van der Waals surface area contributed by atoms with Crippen molar-refractivity contribution >= 4 is 15.9 Å². The second-order valence-electron chi connectivity index (χ2n) is 5.35. The number of rotatable bonds is 15. The number of unbranched alkanes of at least 4 members (excludes halogenated alkanes) is 11. The fourth-order valence-electron chi connectivity index (χ4n) is 2.26. The first-order valence-electron chi connectivity index (χ1n) is 8.23. The number of hydrogen-bond acceptors (Lipinski definition) is 1. The molecule has 1 N–H and O–H groups in total. The molecular formula is C17H33BrO. The molecule has 0 aliphatic heterocycles. The zero-order valence-corrected chi connectivity index (χ0v) is 14.2. The molecule has 114 valence electrons. The minimum atomic E-state index is 0.284. The van der Waals surface area contributed by atoms with Crippen molar-refractivity contribution in [2.24, 2.45) is 0 Å². The van der Waals surface area contributed by atoms with Crippen molar-refractivity contribution in [2.75, 3.05) is 11.9 Å². The normalized spacial score (nSPS) is 11.5. The molecule has 0 spiro atoms. The first-order valence-corrected chi connectivity index (χ1v) is 9.35. The number of allylic oxidation sites excluding steroid dienone is 1. The first kappa shape index (κ1) is 19.2. The molecule has 0 aromatic rings. The maximum atomic E-state index is 8.62. The molecule has 1 nitrogen and oxygen atoms in total. The van der Waals surface area contributed by atoms with E-state index < -0.39 is 0 Å². The SMILES string of the molecule is OCC/C=C\CCCCCCCCCCCCCBr. The summed E-state index contributed by atoms with van der Waals surface area (Å²) in [5.41, 5.74) is 0. The van der Waals surface area contributed by atoms with Crippen LogP contribution >= 0.6 is 15.9 Å². The zero-order valence-electron chi connectivity index (χ0n) is 12.6. The van der Waals surface area contributed by atoms with E-state index in [9.17, 15) is 0 Å². The molecule has 0 fully saturated rings. The van der Waals surface area contributed by atoms with E-state index in [1.165, 1.54) is 82.4 Å². The van der Waals surface area contributed by atoms with Gasteiger partial charge in [-0.3, -0.25) is 0 Å². The quantitative estimate of drug-likeness (QED) is 0.221. The van der Waals surface area contributed by atoms with Crippen molar-refractivity contribution in [1.29, 1.82) is 0 Å². The summed E-state index contributed by atoms with van der Waals surface area (Å²) in [5.74, 6) is 0. The van der Waals surface area contributed by atoms with Crippen LogP contribution in [0, 0.1) is 0 Å². The highest BCUT2D eigenvalue weighted by Crippen LogP contribution is 2.12. The van der Waals surface area contributed by atoms with Crippen LogP contribution in [-0.2, 0) is 0 Å². The Morgan fingerprint density at radius 2 is 1.00 bits per heavy atom. The van der Waals surface area contributed by atoms with Crippen molar-refractivity contribution in [3.05, 3.63) is 12.2 Å². The topological polar surface area (TPSA) is 20.2 Å². The van der Waals surface area contributed by atoms with E-state index >= 15 is 0 Å². The lowest BCUT2D eigenvalue weighted by molar-refractivity contribution is 0.302. The molecule has 0 radical (unpaired) electrons. The van der Waals surface area contributed by atoms with Gasteiger partial charge in [-0.25, -0.2) is 0 Å². The lowest BCUT2D eigenvalue weighted by Gasteiger charge is -2.02. The molecule has 0 aromatic carbocycles. The van der Waals surface area contributed by atoms with Gasteiger partial charge in [0.25, 0.3) is 0 Å². The molecule has 0 unspecified atom stereocenters. The predicted molar refractivity (Wildman–Crippen MR) is 90.0 cm³/mol. The number of aliphatic hydroxyl groups excluding tert-OH is 1. The monoisotopic (exact) mass is 332 g/mol. The van der Waals surface area contributed by atoms with Crippen LogP contribution in [0.2, 0.25) is 0 Å². The van der Waals surface area contributed by atoms with Gasteiger partial charge < -0.3 is 5.11 Å². The average Bonchev–Trinajstić information content (AvgIpc) is 2.43. The third-order valence-corrected chi connectivity index (χ3v) is 4.03. The largest absolute Gasteiger partial charge is 0.396 e. The molecule has 0 bridgehead atoms. The van der Waals surface area contributed by atoms with Crippen LogP contribution < -0.4 is 0 Å². The van der Waals surface area contributed by atoms with Gasteiger partial charge in [-0.1, -0.05) is 85.9 Å². The smallest absolute Gasteiger partial charge is 0.0465 e. The van der Waals surface area contributed by atoms with Crippen LogP contribution in [0.3, 0.4) is 0 Å². The Hall–Kier alpha value is 0.180. The van der Waals surface area contributed by atoms with Crippen LogP contribution in [0.5, 0.6) is 0 Å². The van der Waals surface area contributed by atoms with E-state index in [-0.39, 0.29) is 6.61 Å². The minimum absolute atomic E-state index is 0.284. The van der Waals surface area contributed by atoms with E-state index in [1.54, 1.807) is 0 Å². The third-order valence-electron chi connectivity index (χ3n) is 3.47. The molecule has 19 heavy (non-hydrogen) atoms. The van der Waals surface area contributed by atoms with Gasteiger partial charge in [0.2, 0.25) is 0 Å². The number of halogens is 1. The summed E-state index contributed by atoms with van der Waals surface area (Å²) in [7, 11) is 0. The van der Waals surface area contributed by atoms with Crippen LogP contribution in [0.1, 0.15) is 83.5 Å². The van der Waals surface area contributed by atoms with E-state index in [0.717, 1.165) is 6.42 Å². The highest BCUT2D eigenvalue weighted by molar-refractivity contribution is 9.09. The van der Waals surface area contributed by atoms with E-state index in [1.807, 2.05) is 0 Å². The maximum absolute atomic E-state index is 8.62. The second-order valence-corrected chi connectivity index (χ2v) is 6.14. The fourth-order valence-corrected chi connectivity index (χ4v) is 2.65. The Morgan fingerprint density at radius 3 is 1.47 bits per heavy atom. The number of alkyl halides is 1. The lowest BCUT2D eigenvalue weighted by Crippen LogP contribution is -1.83. The number of hydrogen-bond donors (Lipinski definition) is 1. The van der Waals surface area contributed by atoms with Crippen LogP contribution in [0.4, 0.5) is 0 Å². The van der Waals surface area contributed by atoms with Crippen molar-refractivity contribution in [1.82, 2.24) is 0 Å². The second kappa shape index (κ2) is 18.2. The molecule has 0 saturated carbocycles. The van der Waals surface area contributed by atoms with Crippen LogP contribution in [0.25, 0.3) is 0 Å². The summed E-state index contributed by atoms with van der Waals surface area (Å²) >= 11 is 3.48. The summed E-state index contributed by atoms with van der Waals surface area (Å²) in [6, 6.07) is 0.